The molecule has 0 amide bonds. The van der Waals surface area contributed by atoms with Crippen LogP contribution in [0.3, 0.4) is 0 Å². The molecule has 20 heavy (non-hydrogen) atoms. The van der Waals surface area contributed by atoms with E-state index in [1.54, 1.807) is 24.4 Å². The number of rotatable bonds is 5. The Labute approximate surface area is 118 Å². The molecule has 0 atom stereocenters. The number of pyridine rings is 1. The quantitative estimate of drug-likeness (QED) is 0.781. The second-order valence-corrected chi connectivity index (χ2v) is 4.81. The van der Waals surface area contributed by atoms with Crippen LogP contribution in [0.25, 0.3) is 10.9 Å². The summed E-state index contributed by atoms with van der Waals surface area (Å²) in [6, 6.07) is 7.18. The number of esters is 1. The average Bonchev–Trinajstić information content (AvgIpc) is 2.43. The number of benzene rings is 1. The van der Waals surface area contributed by atoms with Crippen LogP contribution in [0.5, 0.6) is 5.75 Å². The second kappa shape index (κ2) is 6.37. The van der Waals surface area contributed by atoms with Crippen molar-refractivity contribution >= 4 is 16.9 Å². The van der Waals surface area contributed by atoms with E-state index in [4.69, 9.17) is 9.47 Å². The highest BCUT2D eigenvalue weighted by atomic mass is 16.5. The van der Waals surface area contributed by atoms with Gasteiger partial charge >= 0.3 is 5.97 Å². The third kappa shape index (κ3) is 3.07. The van der Waals surface area contributed by atoms with Crippen LogP contribution in [0.4, 0.5) is 0 Å². The Kier molecular flexibility index (Phi) is 4.56. The van der Waals surface area contributed by atoms with Gasteiger partial charge in [-0.3, -0.25) is 4.98 Å². The van der Waals surface area contributed by atoms with Gasteiger partial charge < -0.3 is 9.47 Å². The molecule has 0 saturated heterocycles. The van der Waals surface area contributed by atoms with Gasteiger partial charge in [0.1, 0.15) is 11.3 Å². The van der Waals surface area contributed by atoms with Gasteiger partial charge in [-0.25, -0.2) is 4.79 Å². The molecule has 2 aromatic rings. The fourth-order valence-corrected chi connectivity index (χ4v) is 1.93. The van der Waals surface area contributed by atoms with Crippen molar-refractivity contribution in [2.24, 2.45) is 0 Å². The molecule has 1 aromatic carbocycles. The predicted molar refractivity (Wildman–Crippen MR) is 78.1 cm³/mol. The molecule has 106 valence electrons. The number of hydrogen-bond donors (Lipinski definition) is 0. The number of aromatic nitrogens is 1. The van der Waals surface area contributed by atoms with E-state index in [9.17, 15) is 4.79 Å². The molecule has 0 unspecified atom stereocenters. The van der Waals surface area contributed by atoms with Crippen LogP contribution >= 0.6 is 0 Å². The molecule has 0 bridgehead atoms. The zero-order valence-corrected chi connectivity index (χ0v) is 12.1. The van der Waals surface area contributed by atoms with E-state index in [0.29, 0.717) is 23.4 Å². The summed E-state index contributed by atoms with van der Waals surface area (Å²) in [4.78, 5) is 16.4. The predicted octanol–water partition coefficient (Wildman–Crippen LogP) is 3.59. The number of fused-ring (bicyclic) bond motifs is 1. The first-order valence-corrected chi connectivity index (χ1v) is 6.85. The minimum absolute atomic E-state index is 0.148. The van der Waals surface area contributed by atoms with Crippen molar-refractivity contribution in [1.82, 2.24) is 4.98 Å². The minimum atomic E-state index is -0.333. The van der Waals surface area contributed by atoms with Gasteiger partial charge in [-0.15, -0.1) is 0 Å². The fourth-order valence-electron chi connectivity index (χ4n) is 1.93. The first kappa shape index (κ1) is 14.3. The van der Waals surface area contributed by atoms with Crippen molar-refractivity contribution in [1.29, 1.82) is 0 Å². The zero-order valence-electron chi connectivity index (χ0n) is 12.1. The van der Waals surface area contributed by atoms with Crippen molar-refractivity contribution in [2.45, 2.75) is 33.3 Å². The van der Waals surface area contributed by atoms with Crippen molar-refractivity contribution in [3.8, 4) is 5.75 Å². The maximum Gasteiger partial charge on any atom is 0.339 e. The maximum atomic E-state index is 12.1. The van der Waals surface area contributed by atoms with E-state index in [0.717, 1.165) is 11.8 Å². The Morgan fingerprint density at radius 3 is 2.80 bits per heavy atom. The summed E-state index contributed by atoms with van der Waals surface area (Å²) >= 11 is 0. The van der Waals surface area contributed by atoms with Crippen molar-refractivity contribution in [3.05, 3.63) is 36.0 Å². The molecule has 0 aliphatic rings. The molecule has 4 nitrogen and oxygen atoms in total. The lowest BCUT2D eigenvalue weighted by molar-refractivity contribution is 0.0380. The van der Waals surface area contributed by atoms with Crippen LogP contribution in [0.1, 0.15) is 37.6 Å². The average molecular weight is 273 g/mol. The molecular weight excluding hydrogens is 254 g/mol. The largest absolute Gasteiger partial charge is 0.491 e. The van der Waals surface area contributed by atoms with Gasteiger partial charge in [-0.2, -0.15) is 0 Å². The highest BCUT2D eigenvalue weighted by Gasteiger charge is 2.15. The molecule has 0 spiro atoms. The number of carbonyl (C=O) groups is 1. The van der Waals surface area contributed by atoms with Crippen LogP contribution in [0.15, 0.2) is 30.5 Å². The van der Waals surface area contributed by atoms with Gasteiger partial charge in [0.05, 0.1) is 18.3 Å². The molecule has 1 heterocycles. The van der Waals surface area contributed by atoms with E-state index >= 15 is 0 Å². The molecule has 4 heteroatoms. The third-order valence-electron chi connectivity index (χ3n) is 2.76. The fraction of sp³-hybridized carbons (Fsp3) is 0.375. The number of hydrogen-bond acceptors (Lipinski definition) is 4. The lowest BCUT2D eigenvalue weighted by Crippen LogP contribution is -2.12. The van der Waals surface area contributed by atoms with Gasteiger partial charge in [0.15, 0.2) is 0 Å². The highest BCUT2D eigenvalue weighted by molar-refractivity contribution is 6.05. The first-order valence-electron chi connectivity index (χ1n) is 6.85. The molecule has 2 rings (SSSR count). The molecule has 0 aliphatic carbocycles. The molecule has 0 radical (unpaired) electrons. The lowest BCUT2D eigenvalue weighted by Gasteiger charge is -2.12. The summed E-state index contributed by atoms with van der Waals surface area (Å²) in [5.41, 5.74) is 1.21. The Hall–Kier alpha value is -2.10. The summed E-state index contributed by atoms with van der Waals surface area (Å²) < 4.78 is 10.9. The molecular formula is C16H19NO3. The van der Waals surface area contributed by atoms with E-state index in [1.165, 1.54) is 0 Å². The van der Waals surface area contributed by atoms with Crippen molar-refractivity contribution in [2.75, 3.05) is 6.61 Å². The summed E-state index contributed by atoms with van der Waals surface area (Å²) in [5, 5.41) is 0.756. The van der Waals surface area contributed by atoms with Crippen LogP contribution in [0, 0.1) is 0 Å². The first-order chi connectivity index (χ1) is 9.63. The van der Waals surface area contributed by atoms with E-state index in [1.807, 2.05) is 26.8 Å². The standard InChI is InChI=1S/C16H19NO3/c1-4-10-19-14-8-7-13(16(18)20-11(2)3)12-6-5-9-17-15(12)14/h5-9,11H,4,10H2,1-3H3. The number of ether oxygens (including phenoxy) is 2. The third-order valence-corrected chi connectivity index (χ3v) is 2.76. The van der Waals surface area contributed by atoms with Crippen LogP contribution < -0.4 is 4.74 Å². The van der Waals surface area contributed by atoms with Crippen LogP contribution in [-0.2, 0) is 4.74 Å². The van der Waals surface area contributed by atoms with Gasteiger partial charge in [0, 0.05) is 11.6 Å². The van der Waals surface area contributed by atoms with Gasteiger partial charge in [-0.05, 0) is 38.5 Å². The molecule has 0 aliphatic heterocycles. The Bertz CT molecular complexity index is 608. The Balaban J connectivity index is 2.45. The molecule has 0 saturated carbocycles. The topological polar surface area (TPSA) is 48.4 Å². The Morgan fingerprint density at radius 1 is 1.30 bits per heavy atom. The summed E-state index contributed by atoms with van der Waals surface area (Å²) in [6.45, 7) is 6.33. The Morgan fingerprint density at radius 2 is 2.10 bits per heavy atom. The second-order valence-electron chi connectivity index (χ2n) is 4.81. The smallest absolute Gasteiger partial charge is 0.339 e. The van der Waals surface area contributed by atoms with E-state index < -0.39 is 0 Å². The molecule has 0 fully saturated rings. The zero-order chi connectivity index (χ0) is 14.5. The molecule has 0 N–H and O–H groups in total. The van der Waals surface area contributed by atoms with Crippen molar-refractivity contribution in [3.63, 3.8) is 0 Å². The van der Waals surface area contributed by atoms with Gasteiger partial charge in [-0.1, -0.05) is 13.0 Å². The maximum absolute atomic E-state index is 12.1. The SMILES string of the molecule is CCCOc1ccc(C(=O)OC(C)C)c2cccnc12. The monoisotopic (exact) mass is 273 g/mol. The van der Waals surface area contributed by atoms with Crippen molar-refractivity contribution < 1.29 is 14.3 Å². The van der Waals surface area contributed by atoms with E-state index in [-0.39, 0.29) is 12.1 Å². The number of nitrogens with zero attached hydrogens (tertiary/aromatic N) is 1. The summed E-state index contributed by atoms with van der Waals surface area (Å²) in [6.07, 6.45) is 2.47. The minimum Gasteiger partial charge on any atom is -0.491 e. The van der Waals surface area contributed by atoms with E-state index in [2.05, 4.69) is 4.98 Å². The summed E-state index contributed by atoms with van der Waals surface area (Å²) in [7, 11) is 0. The number of carbonyl (C=O) groups excluding carboxylic acids is 1. The van der Waals surface area contributed by atoms with Crippen LogP contribution in [-0.4, -0.2) is 23.7 Å². The highest BCUT2D eigenvalue weighted by Crippen LogP contribution is 2.27. The van der Waals surface area contributed by atoms with Gasteiger partial charge in [0.25, 0.3) is 0 Å². The van der Waals surface area contributed by atoms with Crippen LogP contribution in [0.2, 0.25) is 0 Å². The molecule has 1 aromatic heterocycles. The lowest BCUT2D eigenvalue weighted by atomic mass is 10.1. The summed E-state index contributed by atoms with van der Waals surface area (Å²) in [5.74, 6) is 0.364. The normalized spacial score (nSPS) is 10.8. The van der Waals surface area contributed by atoms with Gasteiger partial charge in [0.2, 0.25) is 0 Å².